The summed E-state index contributed by atoms with van der Waals surface area (Å²) < 4.78 is 0. The fourth-order valence-electron chi connectivity index (χ4n) is 3.05. The second kappa shape index (κ2) is 8.06. The summed E-state index contributed by atoms with van der Waals surface area (Å²) in [5, 5.41) is 3.04. The van der Waals surface area contributed by atoms with E-state index in [4.69, 9.17) is 11.6 Å². The van der Waals surface area contributed by atoms with Crippen molar-refractivity contribution in [2.24, 2.45) is 5.92 Å². The van der Waals surface area contributed by atoms with Gasteiger partial charge in [0.15, 0.2) is 0 Å². The average molecular weight is 379 g/mol. The first kappa shape index (κ1) is 18.0. The summed E-state index contributed by atoms with van der Waals surface area (Å²) >= 11 is 6.99. The van der Waals surface area contributed by atoms with E-state index in [-0.39, 0.29) is 36.1 Å². The Morgan fingerprint density at radius 3 is 2.72 bits per heavy atom. The minimum atomic E-state index is -0.343. The Kier molecular flexibility index (Phi) is 5.81. The fraction of sp³-hybridized carbons (Fsp3) is 0.389. The van der Waals surface area contributed by atoms with Gasteiger partial charge in [-0.1, -0.05) is 42.6 Å². The zero-order valence-electron chi connectivity index (χ0n) is 13.7. The van der Waals surface area contributed by atoms with E-state index in [1.807, 2.05) is 6.07 Å². The van der Waals surface area contributed by atoms with Gasteiger partial charge in [0.25, 0.3) is 11.1 Å². The van der Waals surface area contributed by atoms with Crippen LogP contribution >= 0.6 is 23.4 Å². The number of benzene rings is 1. The number of imide groups is 1. The van der Waals surface area contributed by atoms with Crippen LogP contribution in [0.3, 0.4) is 0 Å². The lowest BCUT2D eigenvalue weighted by molar-refractivity contribution is -0.126. The minimum Gasteiger partial charge on any atom is -0.354 e. The van der Waals surface area contributed by atoms with Gasteiger partial charge in [-0.05, 0) is 42.3 Å². The van der Waals surface area contributed by atoms with E-state index >= 15 is 0 Å². The Bertz CT molecular complexity index is 729. The number of amides is 3. The van der Waals surface area contributed by atoms with Gasteiger partial charge in [0.1, 0.15) is 0 Å². The van der Waals surface area contributed by atoms with Gasteiger partial charge >= 0.3 is 0 Å². The van der Waals surface area contributed by atoms with Gasteiger partial charge in [0, 0.05) is 24.0 Å². The SMILES string of the molecule is O=C(NCCN1C(=O)S/C(=C\c2ccccc2Cl)C1=O)C1CCCC1. The molecule has 0 radical (unpaired) electrons. The topological polar surface area (TPSA) is 66.5 Å². The molecule has 2 fully saturated rings. The highest BCUT2D eigenvalue weighted by molar-refractivity contribution is 8.18. The predicted molar refractivity (Wildman–Crippen MR) is 99.1 cm³/mol. The lowest BCUT2D eigenvalue weighted by atomic mass is 10.1. The van der Waals surface area contributed by atoms with Crippen LogP contribution in [0.4, 0.5) is 4.79 Å². The molecule has 1 aliphatic heterocycles. The number of carbonyl (C=O) groups excluding carboxylic acids is 3. The number of hydrogen-bond acceptors (Lipinski definition) is 4. The highest BCUT2D eigenvalue weighted by Gasteiger charge is 2.35. The number of nitrogens with one attached hydrogen (secondary N) is 1. The molecule has 0 unspecified atom stereocenters. The van der Waals surface area contributed by atoms with E-state index in [1.165, 1.54) is 4.90 Å². The summed E-state index contributed by atoms with van der Waals surface area (Å²) in [7, 11) is 0. The highest BCUT2D eigenvalue weighted by Crippen LogP contribution is 2.33. The number of thioether (sulfide) groups is 1. The molecule has 1 aromatic carbocycles. The second-order valence-electron chi connectivity index (χ2n) is 6.13. The van der Waals surface area contributed by atoms with Crippen LogP contribution in [0.5, 0.6) is 0 Å². The number of hydrogen-bond donors (Lipinski definition) is 1. The third kappa shape index (κ3) is 4.25. The van der Waals surface area contributed by atoms with Crippen LogP contribution in [-0.4, -0.2) is 35.0 Å². The number of nitrogens with zero attached hydrogens (tertiary/aromatic N) is 1. The lowest BCUT2D eigenvalue weighted by Crippen LogP contribution is -2.39. The summed E-state index contributed by atoms with van der Waals surface area (Å²) in [5.74, 6) is -0.240. The van der Waals surface area contributed by atoms with Crippen LogP contribution in [0, 0.1) is 5.92 Å². The molecule has 25 heavy (non-hydrogen) atoms. The Hall–Kier alpha value is -1.79. The van der Waals surface area contributed by atoms with E-state index in [2.05, 4.69) is 5.32 Å². The molecular formula is C18H19ClN2O3S. The lowest BCUT2D eigenvalue weighted by Gasteiger charge is -2.14. The van der Waals surface area contributed by atoms with Crippen molar-refractivity contribution in [2.45, 2.75) is 25.7 Å². The van der Waals surface area contributed by atoms with E-state index in [0.717, 1.165) is 37.4 Å². The maximum atomic E-state index is 12.4. The van der Waals surface area contributed by atoms with Crippen molar-refractivity contribution in [2.75, 3.05) is 13.1 Å². The first-order valence-corrected chi connectivity index (χ1v) is 9.53. The van der Waals surface area contributed by atoms with Crippen molar-refractivity contribution in [1.29, 1.82) is 0 Å². The molecule has 1 heterocycles. The van der Waals surface area contributed by atoms with Gasteiger partial charge in [0.2, 0.25) is 5.91 Å². The first-order chi connectivity index (χ1) is 12.1. The van der Waals surface area contributed by atoms with Gasteiger partial charge in [-0.25, -0.2) is 0 Å². The van der Waals surface area contributed by atoms with E-state index in [0.29, 0.717) is 15.5 Å². The molecule has 3 rings (SSSR count). The summed E-state index contributed by atoms with van der Waals surface area (Å²) in [6.45, 7) is 0.468. The Morgan fingerprint density at radius 1 is 1.28 bits per heavy atom. The predicted octanol–water partition coefficient (Wildman–Crippen LogP) is 3.68. The summed E-state index contributed by atoms with van der Waals surface area (Å²) in [5.41, 5.74) is 0.698. The molecule has 132 valence electrons. The molecule has 7 heteroatoms. The minimum absolute atomic E-state index is 0.0241. The first-order valence-electron chi connectivity index (χ1n) is 8.34. The van der Waals surface area contributed by atoms with Crippen LogP contribution in [-0.2, 0) is 9.59 Å². The van der Waals surface area contributed by atoms with E-state index in [9.17, 15) is 14.4 Å². The molecule has 1 saturated carbocycles. The molecule has 0 atom stereocenters. The molecule has 2 aliphatic rings. The molecule has 5 nitrogen and oxygen atoms in total. The van der Waals surface area contributed by atoms with Crippen molar-refractivity contribution in [3.8, 4) is 0 Å². The zero-order chi connectivity index (χ0) is 17.8. The van der Waals surface area contributed by atoms with Gasteiger partial charge in [0.05, 0.1) is 4.91 Å². The monoisotopic (exact) mass is 378 g/mol. The molecular weight excluding hydrogens is 360 g/mol. The van der Waals surface area contributed by atoms with Gasteiger partial charge < -0.3 is 5.32 Å². The molecule has 0 bridgehead atoms. The summed E-state index contributed by atoms with van der Waals surface area (Å²) in [6.07, 6.45) is 5.66. The van der Waals surface area contributed by atoms with Crippen molar-refractivity contribution in [3.05, 3.63) is 39.8 Å². The van der Waals surface area contributed by atoms with Gasteiger partial charge in [-0.2, -0.15) is 0 Å². The molecule has 0 aromatic heterocycles. The number of halogens is 1. The maximum Gasteiger partial charge on any atom is 0.293 e. The normalized spacial score (nSPS) is 19.9. The highest BCUT2D eigenvalue weighted by atomic mass is 35.5. The number of rotatable bonds is 5. The van der Waals surface area contributed by atoms with E-state index in [1.54, 1.807) is 24.3 Å². The second-order valence-corrected chi connectivity index (χ2v) is 7.53. The molecule has 3 amide bonds. The van der Waals surface area contributed by atoms with E-state index < -0.39 is 0 Å². The van der Waals surface area contributed by atoms with Crippen LogP contribution < -0.4 is 5.32 Å². The quantitative estimate of drug-likeness (QED) is 0.793. The Morgan fingerprint density at radius 2 is 2.00 bits per heavy atom. The molecule has 1 aromatic rings. The third-order valence-electron chi connectivity index (χ3n) is 4.43. The molecule has 1 N–H and O–H groups in total. The van der Waals surface area contributed by atoms with Crippen LogP contribution in [0.1, 0.15) is 31.2 Å². The van der Waals surface area contributed by atoms with Crippen molar-refractivity contribution < 1.29 is 14.4 Å². The molecule has 0 spiro atoms. The standard InChI is InChI=1S/C18H19ClN2O3S/c19-14-8-4-3-7-13(14)11-15-17(23)21(18(24)25-15)10-9-20-16(22)12-5-1-2-6-12/h3-4,7-8,11-12H,1-2,5-6,9-10H2,(H,20,22)/b15-11-. The van der Waals surface area contributed by atoms with Gasteiger partial charge in [-0.15, -0.1) is 0 Å². The van der Waals surface area contributed by atoms with Gasteiger partial charge in [-0.3, -0.25) is 19.3 Å². The summed E-state index contributed by atoms with van der Waals surface area (Å²) in [6, 6.07) is 7.15. The summed E-state index contributed by atoms with van der Waals surface area (Å²) in [4.78, 5) is 38.0. The van der Waals surface area contributed by atoms with Crippen molar-refractivity contribution >= 4 is 46.5 Å². The molecule has 1 saturated heterocycles. The number of carbonyl (C=O) groups is 3. The smallest absolute Gasteiger partial charge is 0.293 e. The maximum absolute atomic E-state index is 12.4. The largest absolute Gasteiger partial charge is 0.354 e. The molecule has 1 aliphatic carbocycles. The Labute approximate surface area is 155 Å². The third-order valence-corrected chi connectivity index (χ3v) is 5.68. The zero-order valence-corrected chi connectivity index (χ0v) is 15.2. The average Bonchev–Trinajstić information content (AvgIpc) is 3.21. The Balaban J connectivity index is 1.58. The van der Waals surface area contributed by atoms with Crippen molar-refractivity contribution in [1.82, 2.24) is 10.2 Å². The van der Waals surface area contributed by atoms with Crippen LogP contribution in [0.25, 0.3) is 6.08 Å². The fourth-order valence-corrected chi connectivity index (χ4v) is 4.10. The van der Waals surface area contributed by atoms with Crippen LogP contribution in [0.15, 0.2) is 29.2 Å². The van der Waals surface area contributed by atoms with Crippen LogP contribution in [0.2, 0.25) is 5.02 Å². The van der Waals surface area contributed by atoms with Crippen molar-refractivity contribution in [3.63, 3.8) is 0 Å².